The highest BCUT2D eigenvalue weighted by molar-refractivity contribution is 4.98. The Morgan fingerprint density at radius 3 is 2.91 bits per heavy atom. The van der Waals surface area contributed by atoms with Crippen molar-refractivity contribution in [2.24, 2.45) is 12.8 Å². The first-order valence-corrected chi connectivity index (χ1v) is 3.94. The fourth-order valence-corrected chi connectivity index (χ4v) is 0.985. The van der Waals surface area contributed by atoms with Crippen LogP contribution in [0.3, 0.4) is 0 Å². The van der Waals surface area contributed by atoms with Gasteiger partial charge in [0.1, 0.15) is 0 Å². The largest absolute Gasteiger partial charge is 0.340 e. The molecule has 0 spiro atoms. The molecule has 0 saturated heterocycles. The zero-order valence-corrected chi connectivity index (χ0v) is 7.12. The highest BCUT2D eigenvalue weighted by Gasteiger charge is 2.02. The monoisotopic (exact) mass is 153 g/mol. The molecule has 0 radical (unpaired) electrons. The van der Waals surface area contributed by atoms with Crippen molar-refractivity contribution in [1.82, 2.24) is 9.55 Å². The van der Waals surface area contributed by atoms with Crippen LogP contribution in [-0.2, 0) is 13.5 Å². The Labute approximate surface area is 67.2 Å². The van der Waals surface area contributed by atoms with Gasteiger partial charge in [-0.15, -0.1) is 0 Å². The van der Waals surface area contributed by atoms with Gasteiger partial charge in [-0.05, 0) is 6.42 Å². The molecule has 1 rings (SSSR count). The molecule has 1 unspecified atom stereocenters. The molecule has 1 aromatic rings. The topological polar surface area (TPSA) is 43.8 Å². The Balaban J connectivity index is 2.50. The number of imidazole rings is 1. The van der Waals surface area contributed by atoms with Crippen LogP contribution in [0.25, 0.3) is 0 Å². The summed E-state index contributed by atoms with van der Waals surface area (Å²) in [7, 11) is 1.97. The summed E-state index contributed by atoms with van der Waals surface area (Å²) >= 11 is 0. The predicted molar refractivity (Wildman–Crippen MR) is 45.2 cm³/mol. The smallest absolute Gasteiger partial charge is 0.0946 e. The molecule has 2 N–H and O–H groups in total. The second-order valence-electron chi connectivity index (χ2n) is 2.90. The third kappa shape index (κ3) is 2.35. The van der Waals surface area contributed by atoms with E-state index in [-0.39, 0.29) is 6.04 Å². The van der Waals surface area contributed by atoms with Crippen molar-refractivity contribution < 1.29 is 0 Å². The van der Waals surface area contributed by atoms with Crippen LogP contribution >= 0.6 is 0 Å². The molecular formula is C8H15N3. The van der Waals surface area contributed by atoms with Gasteiger partial charge in [-0.25, -0.2) is 4.98 Å². The van der Waals surface area contributed by atoms with Gasteiger partial charge in [-0.3, -0.25) is 0 Å². The summed E-state index contributed by atoms with van der Waals surface area (Å²) in [5.74, 6) is 0. The number of hydrogen-bond donors (Lipinski definition) is 1. The van der Waals surface area contributed by atoms with Gasteiger partial charge in [0.25, 0.3) is 0 Å². The number of aromatic nitrogens is 2. The standard InChI is InChI=1S/C8H15N3/c1-3-7(9)4-8-5-11(2)6-10-8/h5-7H,3-4,9H2,1-2H3. The number of hydrogen-bond acceptors (Lipinski definition) is 2. The first-order valence-electron chi connectivity index (χ1n) is 3.94. The number of aryl methyl sites for hydroxylation is 1. The zero-order valence-electron chi connectivity index (χ0n) is 7.12. The van der Waals surface area contributed by atoms with Crippen molar-refractivity contribution in [2.45, 2.75) is 25.8 Å². The molecule has 1 atom stereocenters. The lowest BCUT2D eigenvalue weighted by molar-refractivity contribution is 0.638. The Morgan fingerprint density at radius 2 is 2.45 bits per heavy atom. The van der Waals surface area contributed by atoms with Crippen molar-refractivity contribution >= 4 is 0 Å². The molecule has 0 aromatic carbocycles. The minimum absolute atomic E-state index is 0.255. The summed E-state index contributed by atoms with van der Waals surface area (Å²) in [5.41, 5.74) is 6.85. The first kappa shape index (κ1) is 8.27. The van der Waals surface area contributed by atoms with Crippen LogP contribution in [-0.4, -0.2) is 15.6 Å². The van der Waals surface area contributed by atoms with Gasteiger partial charge in [-0.2, -0.15) is 0 Å². The van der Waals surface area contributed by atoms with Crippen molar-refractivity contribution in [3.63, 3.8) is 0 Å². The van der Waals surface area contributed by atoms with E-state index < -0.39 is 0 Å². The Kier molecular flexibility index (Phi) is 2.65. The second kappa shape index (κ2) is 3.53. The first-order chi connectivity index (χ1) is 5.22. The van der Waals surface area contributed by atoms with E-state index in [0.29, 0.717) is 0 Å². The Morgan fingerprint density at radius 1 is 1.73 bits per heavy atom. The minimum atomic E-state index is 0.255. The lowest BCUT2D eigenvalue weighted by Gasteiger charge is -2.04. The lowest BCUT2D eigenvalue weighted by Crippen LogP contribution is -2.21. The molecule has 1 heterocycles. The summed E-state index contributed by atoms with van der Waals surface area (Å²) in [6.07, 6.45) is 5.71. The summed E-state index contributed by atoms with van der Waals surface area (Å²) in [4.78, 5) is 4.19. The molecule has 1 aromatic heterocycles. The molecule has 3 nitrogen and oxygen atoms in total. The van der Waals surface area contributed by atoms with Gasteiger partial charge in [0, 0.05) is 25.7 Å². The molecule has 62 valence electrons. The van der Waals surface area contributed by atoms with E-state index in [2.05, 4.69) is 11.9 Å². The summed E-state index contributed by atoms with van der Waals surface area (Å²) < 4.78 is 1.94. The summed E-state index contributed by atoms with van der Waals surface area (Å²) in [5, 5.41) is 0. The van der Waals surface area contributed by atoms with Crippen LogP contribution in [0.5, 0.6) is 0 Å². The maximum absolute atomic E-state index is 5.76. The fraction of sp³-hybridized carbons (Fsp3) is 0.625. The van der Waals surface area contributed by atoms with E-state index in [1.807, 2.05) is 17.8 Å². The highest BCUT2D eigenvalue weighted by atomic mass is 15.0. The lowest BCUT2D eigenvalue weighted by atomic mass is 10.1. The van der Waals surface area contributed by atoms with Crippen LogP contribution in [0, 0.1) is 0 Å². The molecular weight excluding hydrogens is 138 g/mol. The maximum Gasteiger partial charge on any atom is 0.0946 e. The van der Waals surface area contributed by atoms with Crippen LogP contribution in [0.2, 0.25) is 0 Å². The maximum atomic E-state index is 5.76. The molecule has 11 heavy (non-hydrogen) atoms. The summed E-state index contributed by atoms with van der Waals surface area (Å²) in [6, 6.07) is 0.255. The minimum Gasteiger partial charge on any atom is -0.340 e. The highest BCUT2D eigenvalue weighted by Crippen LogP contribution is 1.99. The van der Waals surface area contributed by atoms with Crippen molar-refractivity contribution in [2.75, 3.05) is 0 Å². The molecule has 0 bridgehead atoms. The molecule has 0 aliphatic rings. The van der Waals surface area contributed by atoms with Gasteiger partial charge in [0.2, 0.25) is 0 Å². The molecule has 3 heteroatoms. The van der Waals surface area contributed by atoms with Crippen LogP contribution < -0.4 is 5.73 Å². The van der Waals surface area contributed by atoms with Crippen LogP contribution in [0.4, 0.5) is 0 Å². The molecule has 0 saturated carbocycles. The van der Waals surface area contributed by atoms with Crippen molar-refractivity contribution in [3.8, 4) is 0 Å². The van der Waals surface area contributed by atoms with Gasteiger partial charge in [0.15, 0.2) is 0 Å². The van der Waals surface area contributed by atoms with E-state index in [1.54, 1.807) is 6.33 Å². The van der Waals surface area contributed by atoms with Gasteiger partial charge in [-0.1, -0.05) is 6.92 Å². The number of nitrogens with two attached hydrogens (primary N) is 1. The van der Waals surface area contributed by atoms with Crippen molar-refractivity contribution in [3.05, 3.63) is 18.2 Å². The molecule has 0 aliphatic carbocycles. The molecule has 0 aliphatic heterocycles. The quantitative estimate of drug-likeness (QED) is 0.694. The fourth-order valence-electron chi connectivity index (χ4n) is 0.985. The third-order valence-electron chi connectivity index (χ3n) is 1.75. The molecule has 0 amide bonds. The second-order valence-corrected chi connectivity index (χ2v) is 2.90. The zero-order chi connectivity index (χ0) is 8.27. The average molecular weight is 153 g/mol. The third-order valence-corrected chi connectivity index (χ3v) is 1.75. The SMILES string of the molecule is CCC(N)Cc1cn(C)cn1. The van der Waals surface area contributed by atoms with Gasteiger partial charge < -0.3 is 10.3 Å². The number of nitrogens with zero attached hydrogens (tertiary/aromatic N) is 2. The van der Waals surface area contributed by atoms with Gasteiger partial charge in [0.05, 0.1) is 12.0 Å². The van der Waals surface area contributed by atoms with E-state index in [9.17, 15) is 0 Å². The van der Waals surface area contributed by atoms with Crippen molar-refractivity contribution in [1.29, 1.82) is 0 Å². The van der Waals surface area contributed by atoms with Gasteiger partial charge >= 0.3 is 0 Å². The normalized spacial score (nSPS) is 13.4. The van der Waals surface area contributed by atoms with E-state index in [4.69, 9.17) is 5.73 Å². The van der Waals surface area contributed by atoms with Crippen LogP contribution in [0.15, 0.2) is 12.5 Å². The number of rotatable bonds is 3. The predicted octanol–water partition coefficient (Wildman–Crippen LogP) is 0.700. The Bertz CT molecular complexity index is 217. The molecule has 0 fully saturated rings. The Hall–Kier alpha value is -0.830. The average Bonchev–Trinajstić information content (AvgIpc) is 2.35. The van der Waals surface area contributed by atoms with E-state index >= 15 is 0 Å². The van der Waals surface area contributed by atoms with E-state index in [1.165, 1.54) is 0 Å². The van der Waals surface area contributed by atoms with Crippen LogP contribution in [0.1, 0.15) is 19.0 Å². The summed E-state index contributed by atoms with van der Waals surface area (Å²) in [6.45, 7) is 2.09. The van der Waals surface area contributed by atoms with E-state index in [0.717, 1.165) is 18.5 Å².